The van der Waals surface area contributed by atoms with Crippen molar-refractivity contribution in [1.82, 2.24) is 0 Å². The number of aliphatic hydroxyl groups excluding tert-OH is 1. The summed E-state index contributed by atoms with van der Waals surface area (Å²) in [6.07, 6.45) is 7.57. The van der Waals surface area contributed by atoms with Gasteiger partial charge in [-0.25, -0.2) is 0 Å². The molecule has 0 unspecified atom stereocenters. The van der Waals surface area contributed by atoms with Gasteiger partial charge in [-0.2, -0.15) is 0 Å². The van der Waals surface area contributed by atoms with Gasteiger partial charge in [0.15, 0.2) is 5.78 Å². The molecule has 0 amide bonds. The number of esters is 1. The van der Waals surface area contributed by atoms with Gasteiger partial charge in [-0.3, -0.25) is 9.59 Å². The third kappa shape index (κ3) is 3.12. The van der Waals surface area contributed by atoms with E-state index < -0.39 is 6.10 Å². The van der Waals surface area contributed by atoms with Crippen molar-refractivity contribution in [3.05, 3.63) is 23.3 Å². The number of carbonyl (C=O) groups is 2. The van der Waals surface area contributed by atoms with Gasteiger partial charge in [0.2, 0.25) is 0 Å². The van der Waals surface area contributed by atoms with Crippen LogP contribution in [0.1, 0.15) is 59.8 Å². The molecular weight excluding hydrogens is 380 g/mol. The van der Waals surface area contributed by atoms with E-state index in [1.54, 1.807) is 7.11 Å². The van der Waals surface area contributed by atoms with E-state index >= 15 is 0 Å². The Morgan fingerprint density at radius 3 is 2.70 bits per heavy atom. The summed E-state index contributed by atoms with van der Waals surface area (Å²) < 4.78 is 11.1. The highest BCUT2D eigenvalue weighted by molar-refractivity contribution is 6.02. The maximum Gasteiger partial charge on any atom is 0.302 e. The number of ketones is 1. The topological polar surface area (TPSA) is 72.8 Å². The lowest BCUT2D eigenvalue weighted by atomic mass is 9.46. The van der Waals surface area contributed by atoms with Crippen molar-refractivity contribution < 1.29 is 24.2 Å². The average Bonchev–Trinajstić information content (AvgIpc) is 2.94. The summed E-state index contributed by atoms with van der Waals surface area (Å²) in [6.45, 7) is 8.46. The number of aliphatic hydroxyl groups is 1. The molecule has 3 saturated carbocycles. The fourth-order valence-electron chi connectivity index (χ4n) is 7.72. The highest BCUT2D eigenvalue weighted by atomic mass is 16.6. The van der Waals surface area contributed by atoms with Gasteiger partial charge >= 0.3 is 5.97 Å². The van der Waals surface area contributed by atoms with E-state index in [-0.39, 0.29) is 40.5 Å². The van der Waals surface area contributed by atoms with Crippen molar-refractivity contribution in [2.45, 2.75) is 72.0 Å². The van der Waals surface area contributed by atoms with E-state index in [2.05, 4.69) is 20.8 Å². The Labute approximate surface area is 179 Å². The number of allylic oxidation sites excluding steroid dienone is 4. The van der Waals surface area contributed by atoms with Crippen LogP contribution in [0.2, 0.25) is 0 Å². The number of fused-ring (bicyclic) bond motifs is 5. The molecule has 0 aromatic heterocycles. The van der Waals surface area contributed by atoms with Gasteiger partial charge in [-0.05, 0) is 74.3 Å². The Kier molecular flexibility index (Phi) is 5.51. The SMILES string of the molecule is COC[C@H](OC(C)=O)[C@H]1C[C@H](O)[C@@]2(C)CC[C@H]3[C@@H](CCC4=CC(=O)C=C(C)[C@@]43C)[C@H]12. The lowest BCUT2D eigenvalue weighted by molar-refractivity contribution is -0.157. The predicted octanol–water partition coefficient (Wildman–Crippen LogP) is 3.85. The third-order valence-corrected chi connectivity index (χ3v) is 9.23. The van der Waals surface area contributed by atoms with Gasteiger partial charge in [0.1, 0.15) is 6.10 Å². The van der Waals surface area contributed by atoms with E-state index in [1.165, 1.54) is 18.1 Å². The second kappa shape index (κ2) is 7.59. The smallest absolute Gasteiger partial charge is 0.302 e. The Balaban J connectivity index is 1.72. The van der Waals surface area contributed by atoms with Crippen molar-refractivity contribution in [1.29, 1.82) is 0 Å². The molecule has 30 heavy (non-hydrogen) atoms. The van der Waals surface area contributed by atoms with E-state index in [0.717, 1.165) is 25.7 Å². The van der Waals surface area contributed by atoms with Crippen molar-refractivity contribution in [2.24, 2.45) is 34.5 Å². The lowest BCUT2D eigenvalue weighted by Gasteiger charge is -2.58. The monoisotopic (exact) mass is 416 g/mol. The van der Waals surface area contributed by atoms with Crippen LogP contribution in [-0.2, 0) is 19.1 Å². The number of hydrogen-bond donors (Lipinski definition) is 1. The zero-order chi connectivity index (χ0) is 21.8. The zero-order valence-corrected chi connectivity index (χ0v) is 18.9. The molecule has 0 radical (unpaired) electrons. The summed E-state index contributed by atoms with van der Waals surface area (Å²) in [6, 6.07) is 0. The molecule has 0 bridgehead atoms. The van der Waals surface area contributed by atoms with E-state index in [0.29, 0.717) is 24.9 Å². The summed E-state index contributed by atoms with van der Waals surface area (Å²) in [5.74, 6) is 1.05. The van der Waals surface area contributed by atoms with Crippen LogP contribution in [0.15, 0.2) is 23.3 Å². The first kappa shape index (κ1) is 21.8. The van der Waals surface area contributed by atoms with Crippen LogP contribution in [0.25, 0.3) is 0 Å². The molecule has 4 rings (SSSR count). The highest BCUT2D eigenvalue weighted by Crippen LogP contribution is 2.67. The lowest BCUT2D eigenvalue weighted by Crippen LogP contribution is -2.53. The maximum absolute atomic E-state index is 12.2. The molecule has 0 spiro atoms. The normalized spacial score (nSPS) is 43.7. The van der Waals surface area contributed by atoms with Gasteiger partial charge in [0, 0.05) is 25.4 Å². The van der Waals surface area contributed by atoms with Crippen LogP contribution in [0.3, 0.4) is 0 Å². The Hall–Kier alpha value is -1.46. The summed E-state index contributed by atoms with van der Waals surface area (Å²) in [4.78, 5) is 24.0. The maximum atomic E-state index is 12.2. The standard InChI is InChI=1S/C25H36O5/c1-14-10-17(27)11-16-6-7-18-20(25(14,16)4)8-9-24(3)22(28)12-19(23(18)24)21(13-29-5)30-15(2)26/h10-11,18-23,28H,6-9,12-13H2,1-5H3/t18-,19-,20+,21+,22+,23-,24-,25+/m1/s1. The first-order valence-electron chi connectivity index (χ1n) is 11.4. The fraction of sp³-hybridized carbons (Fsp3) is 0.760. The second-order valence-corrected chi connectivity index (χ2v) is 10.5. The van der Waals surface area contributed by atoms with Gasteiger partial charge < -0.3 is 14.6 Å². The minimum Gasteiger partial charge on any atom is -0.460 e. The number of rotatable bonds is 4. The molecule has 0 aromatic rings. The van der Waals surface area contributed by atoms with E-state index in [1.807, 2.05) is 12.2 Å². The Bertz CT molecular complexity index is 797. The second-order valence-electron chi connectivity index (χ2n) is 10.5. The molecule has 3 fully saturated rings. The largest absolute Gasteiger partial charge is 0.460 e. The molecule has 5 nitrogen and oxygen atoms in total. The minimum atomic E-state index is -0.391. The Morgan fingerprint density at radius 2 is 2.03 bits per heavy atom. The molecular formula is C25H36O5. The third-order valence-electron chi connectivity index (χ3n) is 9.23. The van der Waals surface area contributed by atoms with Crippen LogP contribution >= 0.6 is 0 Å². The molecule has 0 aliphatic heterocycles. The first-order valence-corrected chi connectivity index (χ1v) is 11.4. The van der Waals surface area contributed by atoms with E-state index in [4.69, 9.17) is 9.47 Å². The van der Waals surface area contributed by atoms with Gasteiger partial charge in [0.05, 0.1) is 12.7 Å². The quantitative estimate of drug-likeness (QED) is 0.705. The fourth-order valence-corrected chi connectivity index (χ4v) is 7.72. The number of carbonyl (C=O) groups excluding carboxylic acids is 2. The van der Waals surface area contributed by atoms with Gasteiger partial charge in [-0.15, -0.1) is 0 Å². The van der Waals surface area contributed by atoms with Crippen LogP contribution in [0.5, 0.6) is 0 Å². The highest BCUT2D eigenvalue weighted by Gasteiger charge is 2.63. The predicted molar refractivity (Wildman–Crippen MR) is 114 cm³/mol. The van der Waals surface area contributed by atoms with Crippen molar-refractivity contribution in [2.75, 3.05) is 13.7 Å². The number of methoxy groups -OCH3 is 1. The summed E-state index contributed by atoms with van der Waals surface area (Å²) in [7, 11) is 1.64. The van der Waals surface area contributed by atoms with Gasteiger partial charge in [0.25, 0.3) is 0 Å². The molecule has 4 aliphatic rings. The Morgan fingerprint density at radius 1 is 1.30 bits per heavy atom. The zero-order valence-electron chi connectivity index (χ0n) is 18.9. The molecule has 0 heterocycles. The average molecular weight is 417 g/mol. The van der Waals surface area contributed by atoms with Crippen LogP contribution in [-0.4, -0.2) is 42.8 Å². The molecule has 8 atom stereocenters. The molecule has 1 N–H and O–H groups in total. The molecule has 5 heteroatoms. The van der Waals surface area contributed by atoms with Crippen LogP contribution < -0.4 is 0 Å². The van der Waals surface area contributed by atoms with Crippen LogP contribution in [0, 0.1) is 34.5 Å². The number of hydrogen-bond acceptors (Lipinski definition) is 5. The molecule has 0 saturated heterocycles. The molecule has 4 aliphatic carbocycles. The summed E-state index contributed by atoms with van der Waals surface area (Å²) in [5.41, 5.74) is 2.19. The van der Waals surface area contributed by atoms with Crippen molar-refractivity contribution >= 4 is 11.8 Å². The van der Waals surface area contributed by atoms with E-state index in [9.17, 15) is 14.7 Å². The van der Waals surface area contributed by atoms with Crippen LogP contribution in [0.4, 0.5) is 0 Å². The van der Waals surface area contributed by atoms with Crippen molar-refractivity contribution in [3.8, 4) is 0 Å². The molecule has 166 valence electrons. The summed E-state index contributed by atoms with van der Waals surface area (Å²) >= 11 is 0. The molecule has 0 aromatic carbocycles. The minimum absolute atomic E-state index is 0.0882. The number of ether oxygens (including phenoxy) is 2. The van der Waals surface area contributed by atoms with Crippen molar-refractivity contribution in [3.63, 3.8) is 0 Å². The first-order chi connectivity index (χ1) is 14.1. The summed E-state index contributed by atoms with van der Waals surface area (Å²) in [5, 5.41) is 11.1. The van der Waals surface area contributed by atoms with Gasteiger partial charge in [-0.1, -0.05) is 25.0 Å².